The quantitative estimate of drug-likeness (QED) is 0.775. The number of piperazine rings is 1. The van der Waals surface area contributed by atoms with Crippen LogP contribution in [0.5, 0.6) is 11.5 Å². The third-order valence-corrected chi connectivity index (χ3v) is 4.03. The Hall–Kier alpha value is -1.17. The molecule has 0 aliphatic carbocycles. The minimum atomic E-state index is 0. The van der Waals surface area contributed by atoms with Gasteiger partial charge in [-0.3, -0.25) is 4.90 Å². The SMILES string of the molecule is COc1ccc(N2CCN(CCCCN)CC2)cc1OC.Cl. The highest BCUT2D eigenvalue weighted by Gasteiger charge is 2.18. The zero-order chi connectivity index (χ0) is 15.1. The van der Waals surface area contributed by atoms with Gasteiger partial charge in [0.25, 0.3) is 0 Å². The van der Waals surface area contributed by atoms with Gasteiger partial charge < -0.3 is 20.1 Å². The molecule has 0 radical (unpaired) electrons. The number of hydrogen-bond acceptors (Lipinski definition) is 5. The molecule has 0 saturated carbocycles. The van der Waals surface area contributed by atoms with Crippen LogP contribution in [-0.2, 0) is 0 Å². The summed E-state index contributed by atoms with van der Waals surface area (Å²) in [5.74, 6) is 1.57. The van der Waals surface area contributed by atoms with E-state index in [1.165, 1.54) is 12.1 Å². The van der Waals surface area contributed by atoms with Gasteiger partial charge in [-0.25, -0.2) is 0 Å². The molecule has 1 saturated heterocycles. The van der Waals surface area contributed by atoms with Gasteiger partial charge in [-0.2, -0.15) is 0 Å². The summed E-state index contributed by atoms with van der Waals surface area (Å²) in [7, 11) is 3.34. The van der Waals surface area contributed by atoms with E-state index in [2.05, 4.69) is 21.9 Å². The molecule has 0 amide bonds. The number of halogens is 1. The monoisotopic (exact) mass is 329 g/mol. The summed E-state index contributed by atoms with van der Waals surface area (Å²) in [5.41, 5.74) is 6.75. The third-order valence-electron chi connectivity index (χ3n) is 4.03. The van der Waals surface area contributed by atoms with Gasteiger partial charge in [0.2, 0.25) is 0 Å². The maximum Gasteiger partial charge on any atom is 0.162 e. The van der Waals surface area contributed by atoms with E-state index in [1.807, 2.05) is 6.07 Å². The van der Waals surface area contributed by atoms with E-state index < -0.39 is 0 Å². The second-order valence-corrected chi connectivity index (χ2v) is 5.36. The Kier molecular flexibility index (Phi) is 8.38. The lowest BCUT2D eigenvalue weighted by atomic mass is 10.2. The predicted octanol–water partition coefficient (Wildman–Crippen LogP) is 1.99. The Morgan fingerprint density at radius 3 is 2.27 bits per heavy atom. The lowest BCUT2D eigenvalue weighted by molar-refractivity contribution is 0.253. The van der Waals surface area contributed by atoms with Crippen LogP contribution in [0.3, 0.4) is 0 Å². The molecule has 2 N–H and O–H groups in total. The highest BCUT2D eigenvalue weighted by atomic mass is 35.5. The first kappa shape index (κ1) is 18.9. The molecule has 1 fully saturated rings. The fourth-order valence-electron chi connectivity index (χ4n) is 2.73. The Labute approximate surface area is 139 Å². The molecule has 0 bridgehead atoms. The van der Waals surface area contributed by atoms with Crippen molar-refractivity contribution in [3.05, 3.63) is 18.2 Å². The summed E-state index contributed by atoms with van der Waals surface area (Å²) in [6.45, 7) is 6.29. The smallest absolute Gasteiger partial charge is 0.162 e. The minimum absolute atomic E-state index is 0. The summed E-state index contributed by atoms with van der Waals surface area (Å²) in [5, 5.41) is 0. The van der Waals surface area contributed by atoms with Gasteiger partial charge in [-0.15, -0.1) is 12.4 Å². The van der Waals surface area contributed by atoms with Crippen LogP contribution in [0.1, 0.15) is 12.8 Å². The molecule has 0 spiro atoms. The number of rotatable bonds is 7. The minimum Gasteiger partial charge on any atom is -0.493 e. The van der Waals surface area contributed by atoms with E-state index in [1.54, 1.807) is 14.2 Å². The number of anilines is 1. The predicted molar refractivity (Wildman–Crippen MR) is 93.7 cm³/mol. The number of ether oxygens (including phenoxy) is 2. The summed E-state index contributed by atoms with van der Waals surface area (Å²) < 4.78 is 10.7. The van der Waals surface area contributed by atoms with Gasteiger partial charge in [0, 0.05) is 37.9 Å². The first-order chi connectivity index (χ1) is 10.3. The molecule has 1 aromatic rings. The van der Waals surface area contributed by atoms with Gasteiger partial charge >= 0.3 is 0 Å². The second kappa shape index (κ2) is 9.77. The number of benzene rings is 1. The molecule has 1 aliphatic heterocycles. The number of nitrogens with zero attached hydrogens (tertiary/aromatic N) is 2. The Morgan fingerprint density at radius 1 is 1.00 bits per heavy atom. The molecular weight excluding hydrogens is 302 g/mol. The van der Waals surface area contributed by atoms with Crippen LogP contribution in [0.15, 0.2) is 18.2 Å². The average Bonchev–Trinajstić information content (AvgIpc) is 2.55. The Morgan fingerprint density at radius 2 is 1.68 bits per heavy atom. The number of methoxy groups -OCH3 is 2. The van der Waals surface area contributed by atoms with Gasteiger partial charge in [0.1, 0.15) is 0 Å². The Balaban J connectivity index is 0.00000242. The van der Waals surface area contributed by atoms with Crippen LogP contribution in [0.2, 0.25) is 0 Å². The molecule has 0 atom stereocenters. The van der Waals surface area contributed by atoms with Crippen LogP contribution in [0, 0.1) is 0 Å². The van der Waals surface area contributed by atoms with Crippen LogP contribution in [0.25, 0.3) is 0 Å². The van der Waals surface area contributed by atoms with Crippen LogP contribution in [0.4, 0.5) is 5.69 Å². The summed E-state index contributed by atoms with van der Waals surface area (Å²) in [6, 6.07) is 6.14. The first-order valence-electron chi connectivity index (χ1n) is 7.68. The molecular formula is C16H28ClN3O2. The average molecular weight is 330 g/mol. The van der Waals surface area contributed by atoms with E-state index in [9.17, 15) is 0 Å². The number of unbranched alkanes of at least 4 members (excludes halogenated alkanes) is 1. The van der Waals surface area contributed by atoms with Crippen LogP contribution in [-0.4, -0.2) is 58.4 Å². The van der Waals surface area contributed by atoms with Crippen molar-refractivity contribution < 1.29 is 9.47 Å². The molecule has 22 heavy (non-hydrogen) atoms. The number of nitrogens with two attached hydrogens (primary N) is 1. The molecule has 1 aliphatic rings. The van der Waals surface area contributed by atoms with Crippen LogP contribution < -0.4 is 20.1 Å². The third kappa shape index (κ3) is 4.93. The maximum atomic E-state index is 5.54. The zero-order valence-corrected chi connectivity index (χ0v) is 14.4. The lowest BCUT2D eigenvalue weighted by Gasteiger charge is -2.36. The van der Waals surface area contributed by atoms with Gasteiger partial charge in [0.15, 0.2) is 11.5 Å². The Bertz CT molecular complexity index is 437. The van der Waals surface area contributed by atoms with Gasteiger partial charge in [0.05, 0.1) is 14.2 Å². The van der Waals surface area contributed by atoms with Crippen molar-refractivity contribution in [2.45, 2.75) is 12.8 Å². The lowest BCUT2D eigenvalue weighted by Crippen LogP contribution is -2.46. The molecule has 2 rings (SSSR count). The van der Waals surface area contributed by atoms with E-state index >= 15 is 0 Å². The summed E-state index contributed by atoms with van der Waals surface area (Å²) in [4.78, 5) is 4.92. The molecule has 1 aromatic carbocycles. The van der Waals surface area contributed by atoms with Crippen molar-refractivity contribution in [3.8, 4) is 11.5 Å². The van der Waals surface area contributed by atoms with Crippen molar-refractivity contribution in [1.82, 2.24) is 4.90 Å². The highest BCUT2D eigenvalue weighted by molar-refractivity contribution is 5.85. The van der Waals surface area contributed by atoms with Crippen LogP contribution >= 0.6 is 12.4 Å². The zero-order valence-electron chi connectivity index (χ0n) is 13.6. The van der Waals surface area contributed by atoms with Gasteiger partial charge in [-0.05, 0) is 38.1 Å². The summed E-state index contributed by atoms with van der Waals surface area (Å²) >= 11 is 0. The molecule has 126 valence electrons. The van der Waals surface area contributed by atoms with Gasteiger partial charge in [-0.1, -0.05) is 0 Å². The van der Waals surface area contributed by atoms with E-state index in [4.69, 9.17) is 15.2 Å². The standard InChI is InChI=1S/C16H27N3O2.ClH/c1-20-15-6-5-14(13-16(15)21-2)19-11-9-18(10-12-19)8-4-3-7-17;/h5-6,13H,3-4,7-12,17H2,1-2H3;1H. The molecule has 0 aromatic heterocycles. The molecule has 6 heteroatoms. The fourth-order valence-corrected chi connectivity index (χ4v) is 2.73. The number of hydrogen-bond donors (Lipinski definition) is 1. The van der Waals surface area contributed by atoms with E-state index in [-0.39, 0.29) is 12.4 Å². The molecule has 0 unspecified atom stereocenters. The topological polar surface area (TPSA) is 51.0 Å². The highest BCUT2D eigenvalue weighted by Crippen LogP contribution is 2.31. The maximum absolute atomic E-state index is 5.54. The first-order valence-corrected chi connectivity index (χ1v) is 7.68. The van der Waals surface area contributed by atoms with Crippen molar-refractivity contribution in [2.75, 3.05) is 58.4 Å². The largest absolute Gasteiger partial charge is 0.493 e. The van der Waals surface area contributed by atoms with Crippen molar-refractivity contribution in [3.63, 3.8) is 0 Å². The van der Waals surface area contributed by atoms with E-state index in [0.29, 0.717) is 0 Å². The molecule has 5 nitrogen and oxygen atoms in total. The van der Waals surface area contributed by atoms with Crippen molar-refractivity contribution >= 4 is 18.1 Å². The fraction of sp³-hybridized carbons (Fsp3) is 0.625. The molecule has 1 heterocycles. The van der Waals surface area contributed by atoms with E-state index in [0.717, 1.165) is 57.2 Å². The second-order valence-electron chi connectivity index (χ2n) is 5.36. The van der Waals surface area contributed by atoms with Crippen molar-refractivity contribution in [1.29, 1.82) is 0 Å². The normalized spacial score (nSPS) is 15.3. The van der Waals surface area contributed by atoms with Crippen molar-refractivity contribution in [2.24, 2.45) is 5.73 Å². The summed E-state index contributed by atoms with van der Waals surface area (Å²) in [6.07, 6.45) is 2.32.